The van der Waals surface area contributed by atoms with Gasteiger partial charge < -0.3 is 15.1 Å². The molecule has 8 heteroatoms. The molecule has 1 amide bonds. The molecule has 3 rings (SSSR count). The summed E-state index contributed by atoms with van der Waals surface area (Å²) in [5.74, 6) is -0.133. The molecule has 27 heavy (non-hydrogen) atoms. The van der Waals surface area contributed by atoms with Crippen LogP contribution in [0.1, 0.15) is 13.3 Å². The largest absolute Gasteiger partial charge is 0.372 e. The lowest BCUT2D eigenvalue weighted by Crippen LogP contribution is -2.42. The van der Waals surface area contributed by atoms with Crippen LogP contribution in [0, 0.1) is 0 Å². The molecule has 0 spiro atoms. The van der Waals surface area contributed by atoms with Gasteiger partial charge in [-0.1, -0.05) is 18.2 Å². The Hall–Kier alpha value is -2.61. The van der Waals surface area contributed by atoms with Crippen LogP contribution >= 0.6 is 0 Å². The van der Waals surface area contributed by atoms with Crippen molar-refractivity contribution in [2.75, 3.05) is 36.8 Å². The summed E-state index contributed by atoms with van der Waals surface area (Å²) in [5.41, 5.74) is 1.44. The van der Waals surface area contributed by atoms with Crippen molar-refractivity contribution >= 4 is 27.5 Å². The third kappa shape index (κ3) is 4.77. The predicted octanol–water partition coefficient (Wildman–Crippen LogP) is 1.52. The zero-order valence-electron chi connectivity index (χ0n) is 15.3. The minimum absolute atomic E-state index is 0.0396. The highest BCUT2D eigenvalue weighted by Gasteiger charge is 2.29. The van der Waals surface area contributed by atoms with E-state index in [1.165, 1.54) is 0 Å². The normalized spacial score (nSPS) is 17.6. The van der Waals surface area contributed by atoms with E-state index in [1.807, 2.05) is 18.2 Å². The summed E-state index contributed by atoms with van der Waals surface area (Å²) in [6, 6.07) is 10.1. The number of amides is 1. The molecule has 0 atom stereocenters. The third-order valence-corrected chi connectivity index (χ3v) is 5.65. The number of sulfonamides is 1. The third-order valence-electron chi connectivity index (χ3n) is 4.50. The van der Waals surface area contributed by atoms with Crippen molar-refractivity contribution in [1.82, 2.24) is 10.2 Å². The second-order valence-corrected chi connectivity index (χ2v) is 8.10. The van der Waals surface area contributed by atoms with E-state index in [-0.39, 0.29) is 23.1 Å². The van der Waals surface area contributed by atoms with Crippen LogP contribution in [0.2, 0.25) is 0 Å². The fourth-order valence-electron chi connectivity index (χ4n) is 3.07. The molecule has 2 heterocycles. The number of carbonyl (C=O) groups excluding carboxylic acids is 1. The molecule has 0 aromatic heterocycles. The van der Waals surface area contributed by atoms with Gasteiger partial charge in [0.15, 0.2) is 5.84 Å². The monoisotopic (exact) mass is 388 g/mol. The summed E-state index contributed by atoms with van der Waals surface area (Å²) in [6.07, 6.45) is 5.86. The van der Waals surface area contributed by atoms with Crippen molar-refractivity contribution < 1.29 is 13.2 Å². The Morgan fingerprint density at radius 2 is 2.07 bits per heavy atom. The zero-order valence-corrected chi connectivity index (χ0v) is 16.2. The summed E-state index contributed by atoms with van der Waals surface area (Å²) >= 11 is 0. The first-order chi connectivity index (χ1) is 13.0. The minimum Gasteiger partial charge on any atom is -0.372 e. The number of carbonyl (C=O) groups is 1. The SMILES string of the molecule is CCN(CCCNC(=O)C1=CC=CN2CCS(=O)(=O)N=C12)c1ccccc1. The molecular weight excluding hydrogens is 364 g/mol. The highest BCUT2D eigenvalue weighted by molar-refractivity contribution is 7.90. The van der Waals surface area contributed by atoms with Crippen LogP contribution in [0.5, 0.6) is 0 Å². The number of hydrogen-bond acceptors (Lipinski definition) is 5. The van der Waals surface area contributed by atoms with Crippen LogP contribution in [-0.2, 0) is 14.8 Å². The Balaban J connectivity index is 1.55. The second kappa shape index (κ2) is 8.39. The Bertz CT molecular complexity index is 875. The number of hydrogen-bond donors (Lipinski definition) is 1. The number of fused-ring (bicyclic) bond motifs is 1. The number of rotatable bonds is 7. The van der Waals surface area contributed by atoms with Gasteiger partial charge in [0.05, 0.1) is 11.3 Å². The van der Waals surface area contributed by atoms with Crippen LogP contribution in [0.3, 0.4) is 0 Å². The molecule has 1 aromatic rings. The number of nitrogens with one attached hydrogen (secondary N) is 1. The number of anilines is 1. The van der Waals surface area contributed by atoms with E-state index in [9.17, 15) is 13.2 Å². The van der Waals surface area contributed by atoms with Crippen LogP contribution in [0.25, 0.3) is 0 Å². The van der Waals surface area contributed by atoms with Crippen molar-refractivity contribution in [2.45, 2.75) is 13.3 Å². The Morgan fingerprint density at radius 3 is 2.81 bits per heavy atom. The van der Waals surface area contributed by atoms with Crippen molar-refractivity contribution in [1.29, 1.82) is 0 Å². The number of para-hydroxylation sites is 1. The fraction of sp³-hybridized carbons (Fsp3) is 0.368. The van der Waals surface area contributed by atoms with Gasteiger partial charge in [0.2, 0.25) is 0 Å². The molecular formula is C19H24N4O3S. The maximum absolute atomic E-state index is 12.5. The summed E-state index contributed by atoms with van der Waals surface area (Å²) < 4.78 is 27.3. The maximum Gasteiger partial charge on any atom is 0.256 e. The van der Waals surface area contributed by atoms with Crippen LogP contribution in [0.4, 0.5) is 5.69 Å². The summed E-state index contributed by atoms with van der Waals surface area (Å²) in [4.78, 5) is 16.5. The summed E-state index contributed by atoms with van der Waals surface area (Å²) in [7, 11) is -3.51. The quantitative estimate of drug-likeness (QED) is 0.716. The smallest absolute Gasteiger partial charge is 0.256 e. The number of amidine groups is 1. The zero-order chi connectivity index (χ0) is 19.3. The average molecular weight is 388 g/mol. The molecule has 0 aliphatic carbocycles. The van der Waals surface area contributed by atoms with Crippen LogP contribution in [0.15, 0.2) is 58.7 Å². The standard InChI is InChI=1S/C19H24N4O3S/c1-2-22(16-8-4-3-5-9-16)13-7-11-20-19(24)17-10-6-12-23-14-15-27(25,26)21-18(17)23/h3-6,8-10,12H,2,7,11,13-15H2,1H3,(H,20,24). The number of benzene rings is 1. The van der Waals surface area contributed by atoms with E-state index in [0.717, 1.165) is 25.2 Å². The van der Waals surface area contributed by atoms with E-state index in [0.29, 0.717) is 13.1 Å². The molecule has 7 nitrogen and oxygen atoms in total. The lowest BCUT2D eigenvalue weighted by atomic mass is 10.1. The van der Waals surface area contributed by atoms with Gasteiger partial charge in [-0.15, -0.1) is 4.40 Å². The molecule has 0 saturated heterocycles. The van der Waals surface area contributed by atoms with Crippen molar-refractivity contribution in [3.63, 3.8) is 0 Å². The number of nitrogens with zero attached hydrogens (tertiary/aromatic N) is 3. The average Bonchev–Trinajstić information content (AvgIpc) is 2.67. The molecule has 2 aliphatic rings. The Kier molecular flexibility index (Phi) is 5.95. The van der Waals surface area contributed by atoms with Crippen LogP contribution < -0.4 is 10.2 Å². The van der Waals surface area contributed by atoms with Gasteiger partial charge in [0, 0.05) is 38.1 Å². The van der Waals surface area contributed by atoms with Crippen molar-refractivity contribution in [2.24, 2.45) is 4.40 Å². The molecule has 0 unspecified atom stereocenters. The summed E-state index contributed by atoms with van der Waals surface area (Å²) in [5, 5.41) is 2.87. The maximum atomic E-state index is 12.5. The van der Waals surface area contributed by atoms with Gasteiger partial charge >= 0.3 is 0 Å². The van der Waals surface area contributed by atoms with Gasteiger partial charge in [-0.3, -0.25) is 4.79 Å². The van der Waals surface area contributed by atoms with E-state index in [4.69, 9.17) is 0 Å². The summed E-state index contributed by atoms with van der Waals surface area (Å²) in [6.45, 7) is 4.62. The molecule has 2 aliphatic heterocycles. The first kappa shape index (κ1) is 19.2. The molecule has 0 saturated carbocycles. The minimum atomic E-state index is -3.51. The van der Waals surface area contributed by atoms with Crippen molar-refractivity contribution in [3.8, 4) is 0 Å². The molecule has 144 valence electrons. The van der Waals surface area contributed by atoms with Crippen LogP contribution in [-0.4, -0.2) is 57.0 Å². The van der Waals surface area contributed by atoms with E-state index < -0.39 is 10.0 Å². The van der Waals surface area contributed by atoms with Gasteiger partial charge in [0.1, 0.15) is 0 Å². The molecule has 0 radical (unpaired) electrons. The van der Waals surface area contributed by atoms with Crippen molar-refractivity contribution in [3.05, 3.63) is 54.3 Å². The first-order valence-corrected chi connectivity index (χ1v) is 10.7. The fourth-order valence-corrected chi connectivity index (χ4v) is 4.05. The van der Waals surface area contributed by atoms with Gasteiger partial charge in [0.25, 0.3) is 15.9 Å². The lowest BCUT2D eigenvalue weighted by Gasteiger charge is -2.28. The highest BCUT2D eigenvalue weighted by atomic mass is 32.2. The Labute approximate surface area is 160 Å². The topological polar surface area (TPSA) is 82.1 Å². The van der Waals surface area contributed by atoms with E-state index in [1.54, 1.807) is 23.3 Å². The first-order valence-electron chi connectivity index (χ1n) is 9.06. The Morgan fingerprint density at radius 1 is 1.30 bits per heavy atom. The molecule has 1 aromatic carbocycles. The lowest BCUT2D eigenvalue weighted by molar-refractivity contribution is -0.117. The molecule has 0 bridgehead atoms. The number of allylic oxidation sites excluding steroid dienone is 2. The highest BCUT2D eigenvalue weighted by Crippen LogP contribution is 2.18. The second-order valence-electron chi connectivity index (χ2n) is 6.34. The van der Waals surface area contributed by atoms with Gasteiger partial charge in [-0.25, -0.2) is 8.42 Å². The molecule has 0 fully saturated rings. The van der Waals surface area contributed by atoms with E-state index in [2.05, 4.69) is 33.7 Å². The molecule has 1 N–H and O–H groups in total. The van der Waals surface area contributed by atoms with Gasteiger partial charge in [-0.05, 0) is 37.6 Å². The van der Waals surface area contributed by atoms with Gasteiger partial charge in [-0.2, -0.15) is 0 Å². The predicted molar refractivity (Wildman–Crippen MR) is 107 cm³/mol. The van der Waals surface area contributed by atoms with E-state index >= 15 is 0 Å².